The number of hydrogen-bond acceptors (Lipinski definition) is 5. The van der Waals surface area contributed by atoms with Crippen LogP contribution in [0.15, 0.2) is 0 Å². The number of aryl methyl sites for hydroxylation is 2. The Morgan fingerprint density at radius 3 is 2.91 bits per heavy atom. The molecule has 1 aliphatic carbocycles. The molecular formula is C17H27N3O2S. The standard InChI is InChI=1S/C17H27N3O2S/c1-11(15-19-13-6-5-7-14(13)23-15)18-12-8-9-20(10-12)16(21)22-17(2,3)4/h11-12,18H,5-10H2,1-4H3. The largest absolute Gasteiger partial charge is 0.444 e. The van der Waals surface area contributed by atoms with Gasteiger partial charge >= 0.3 is 6.09 Å². The number of amides is 1. The molecule has 128 valence electrons. The summed E-state index contributed by atoms with van der Waals surface area (Å²) in [6.07, 6.45) is 4.34. The van der Waals surface area contributed by atoms with Gasteiger partial charge in [-0.1, -0.05) is 0 Å². The second-order valence-corrected chi connectivity index (χ2v) is 8.69. The van der Waals surface area contributed by atoms with E-state index in [1.807, 2.05) is 32.1 Å². The summed E-state index contributed by atoms with van der Waals surface area (Å²) in [7, 11) is 0. The monoisotopic (exact) mass is 337 g/mol. The highest BCUT2D eigenvalue weighted by Gasteiger charge is 2.31. The van der Waals surface area contributed by atoms with E-state index in [9.17, 15) is 4.79 Å². The Kier molecular flexibility index (Phi) is 4.65. The van der Waals surface area contributed by atoms with E-state index in [2.05, 4.69) is 12.2 Å². The lowest BCUT2D eigenvalue weighted by atomic mass is 10.2. The molecule has 2 aliphatic rings. The molecule has 1 N–H and O–H groups in total. The van der Waals surface area contributed by atoms with Gasteiger partial charge in [-0.2, -0.15) is 0 Å². The average molecular weight is 337 g/mol. The zero-order chi connectivity index (χ0) is 16.6. The van der Waals surface area contributed by atoms with Crippen molar-refractivity contribution in [3.63, 3.8) is 0 Å². The van der Waals surface area contributed by atoms with Crippen LogP contribution < -0.4 is 5.32 Å². The Hall–Kier alpha value is -1.14. The third kappa shape index (κ3) is 4.04. The molecule has 3 rings (SSSR count). The van der Waals surface area contributed by atoms with Gasteiger partial charge in [0.05, 0.1) is 11.7 Å². The van der Waals surface area contributed by atoms with Crippen LogP contribution in [0.3, 0.4) is 0 Å². The van der Waals surface area contributed by atoms with Gasteiger partial charge in [-0.3, -0.25) is 0 Å². The quantitative estimate of drug-likeness (QED) is 0.919. The van der Waals surface area contributed by atoms with E-state index in [1.54, 1.807) is 4.90 Å². The molecule has 0 saturated carbocycles. The summed E-state index contributed by atoms with van der Waals surface area (Å²) in [5, 5.41) is 4.82. The molecule has 2 unspecified atom stereocenters. The van der Waals surface area contributed by atoms with E-state index in [0.717, 1.165) is 19.4 Å². The van der Waals surface area contributed by atoms with E-state index in [0.29, 0.717) is 12.6 Å². The molecule has 1 amide bonds. The third-order valence-corrected chi connectivity index (χ3v) is 5.65. The van der Waals surface area contributed by atoms with Gasteiger partial charge in [-0.15, -0.1) is 11.3 Å². The summed E-state index contributed by atoms with van der Waals surface area (Å²) in [5.74, 6) is 0. The summed E-state index contributed by atoms with van der Waals surface area (Å²) < 4.78 is 5.45. The van der Waals surface area contributed by atoms with Gasteiger partial charge in [0.2, 0.25) is 0 Å². The first-order chi connectivity index (χ1) is 10.8. The maximum atomic E-state index is 12.1. The van der Waals surface area contributed by atoms with Crippen molar-refractivity contribution in [2.45, 2.75) is 71.1 Å². The van der Waals surface area contributed by atoms with Crippen LogP contribution in [0.25, 0.3) is 0 Å². The van der Waals surface area contributed by atoms with Crippen molar-refractivity contribution in [2.24, 2.45) is 0 Å². The second-order valence-electron chi connectivity index (χ2n) is 7.58. The molecule has 0 aromatic carbocycles. The van der Waals surface area contributed by atoms with E-state index in [4.69, 9.17) is 9.72 Å². The van der Waals surface area contributed by atoms with Crippen LogP contribution in [0, 0.1) is 0 Å². The minimum Gasteiger partial charge on any atom is -0.444 e. The minimum absolute atomic E-state index is 0.206. The average Bonchev–Trinajstić information content (AvgIpc) is 3.10. The van der Waals surface area contributed by atoms with Crippen molar-refractivity contribution in [3.8, 4) is 0 Å². The number of hydrogen-bond donors (Lipinski definition) is 1. The van der Waals surface area contributed by atoms with Crippen molar-refractivity contribution in [2.75, 3.05) is 13.1 Å². The maximum Gasteiger partial charge on any atom is 0.410 e. The number of aromatic nitrogens is 1. The smallest absolute Gasteiger partial charge is 0.410 e. The zero-order valence-electron chi connectivity index (χ0n) is 14.5. The van der Waals surface area contributed by atoms with Crippen molar-refractivity contribution in [1.82, 2.24) is 15.2 Å². The number of likely N-dealkylation sites (tertiary alicyclic amines) is 1. The topological polar surface area (TPSA) is 54.5 Å². The van der Waals surface area contributed by atoms with Gasteiger partial charge in [0.15, 0.2) is 0 Å². The molecule has 6 heteroatoms. The Balaban J connectivity index is 1.52. The first-order valence-corrected chi connectivity index (χ1v) is 9.36. The highest BCUT2D eigenvalue weighted by molar-refractivity contribution is 7.11. The number of ether oxygens (including phenoxy) is 1. The number of carbonyl (C=O) groups excluding carboxylic acids is 1. The molecule has 0 spiro atoms. The van der Waals surface area contributed by atoms with Gasteiger partial charge in [-0.25, -0.2) is 9.78 Å². The number of nitrogens with one attached hydrogen (secondary N) is 1. The normalized spacial score (nSPS) is 22.3. The van der Waals surface area contributed by atoms with Crippen LogP contribution in [0.5, 0.6) is 0 Å². The van der Waals surface area contributed by atoms with Crippen LogP contribution >= 0.6 is 11.3 Å². The summed E-state index contributed by atoms with van der Waals surface area (Å²) in [4.78, 5) is 20.2. The van der Waals surface area contributed by atoms with Crippen LogP contribution in [0.2, 0.25) is 0 Å². The van der Waals surface area contributed by atoms with Crippen molar-refractivity contribution in [3.05, 3.63) is 15.6 Å². The molecule has 1 aliphatic heterocycles. The van der Waals surface area contributed by atoms with E-state index >= 15 is 0 Å². The molecule has 1 saturated heterocycles. The van der Waals surface area contributed by atoms with Crippen molar-refractivity contribution >= 4 is 17.4 Å². The van der Waals surface area contributed by atoms with Gasteiger partial charge in [0.1, 0.15) is 10.6 Å². The van der Waals surface area contributed by atoms with Crippen LogP contribution in [-0.2, 0) is 17.6 Å². The fraction of sp³-hybridized carbons (Fsp3) is 0.765. The molecule has 0 radical (unpaired) electrons. The number of fused-ring (bicyclic) bond motifs is 1. The highest BCUT2D eigenvalue weighted by atomic mass is 32.1. The predicted molar refractivity (Wildman–Crippen MR) is 91.9 cm³/mol. The molecule has 1 aromatic rings. The SMILES string of the molecule is CC(NC1CCN(C(=O)OC(C)(C)C)C1)c1nc2c(s1)CCC2. The molecule has 23 heavy (non-hydrogen) atoms. The highest BCUT2D eigenvalue weighted by Crippen LogP contribution is 2.31. The molecule has 1 fully saturated rings. The van der Waals surface area contributed by atoms with Crippen molar-refractivity contribution < 1.29 is 9.53 Å². The lowest BCUT2D eigenvalue weighted by Gasteiger charge is -2.24. The molecular weight excluding hydrogens is 310 g/mol. The Bertz CT molecular complexity index is 557. The number of rotatable bonds is 3. The number of nitrogens with zero attached hydrogens (tertiary/aromatic N) is 2. The lowest BCUT2D eigenvalue weighted by molar-refractivity contribution is 0.0290. The Morgan fingerprint density at radius 1 is 1.43 bits per heavy atom. The molecule has 1 aromatic heterocycles. The van der Waals surface area contributed by atoms with Gasteiger partial charge in [0.25, 0.3) is 0 Å². The van der Waals surface area contributed by atoms with Crippen molar-refractivity contribution in [1.29, 1.82) is 0 Å². The van der Waals surface area contributed by atoms with E-state index < -0.39 is 5.60 Å². The molecule has 0 bridgehead atoms. The Morgan fingerprint density at radius 2 is 2.22 bits per heavy atom. The maximum absolute atomic E-state index is 12.1. The fourth-order valence-corrected chi connectivity index (χ4v) is 4.37. The molecule has 2 heterocycles. The summed E-state index contributed by atoms with van der Waals surface area (Å²) >= 11 is 1.85. The van der Waals surface area contributed by atoms with Gasteiger partial charge in [0, 0.05) is 24.0 Å². The number of carbonyl (C=O) groups is 1. The first kappa shape index (κ1) is 16.7. The molecule has 2 atom stereocenters. The lowest BCUT2D eigenvalue weighted by Crippen LogP contribution is -2.39. The molecule has 5 nitrogen and oxygen atoms in total. The van der Waals surface area contributed by atoms with Crippen LogP contribution in [0.1, 0.15) is 62.2 Å². The van der Waals surface area contributed by atoms with Crippen LogP contribution in [-0.4, -0.2) is 40.7 Å². The zero-order valence-corrected chi connectivity index (χ0v) is 15.3. The fourth-order valence-electron chi connectivity index (χ4n) is 3.21. The number of thiazole rings is 1. The van der Waals surface area contributed by atoms with Crippen LogP contribution in [0.4, 0.5) is 4.79 Å². The van der Waals surface area contributed by atoms with E-state index in [-0.39, 0.29) is 12.1 Å². The van der Waals surface area contributed by atoms with Gasteiger partial charge < -0.3 is 15.0 Å². The van der Waals surface area contributed by atoms with Gasteiger partial charge in [-0.05, 0) is 53.4 Å². The first-order valence-electron chi connectivity index (χ1n) is 8.54. The predicted octanol–water partition coefficient (Wildman–Crippen LogP) is 3.29. The third-order valence-electron chi connectivity index (χ3n) is 4.31. The summed E-state index contributed by atoms with van der Waals surface area (Å²) in [6.45, 7) is 9.35. The minimum atomic E-state index is -0.433. The Labute approximate surface area is 142 Å². The summed E-state index contributed by atoms with van der Waals surface area (Å²) in [6, 6.07) is 0.561. The summed E-state index contributed by atoms with van der Waals surface area (Å²) in [5.41, 5.74) is 0.873. The second kappa shape index (κ2) is 6.40. The van der Waals surface area contributed by atoms with E-state index in [1.165, 1.54) is 28.4 Å².